The lowest BCUT2D eigenvalue weighted by Gasteiger charge is -2.08. The third-order valence-electron chi connectivity index (χ3n) is 2.80. The molecule has 5 nitrogen and oxygen atoms in total. The van der Waals surface area contributed by atoms with E-state index in [0.717, 1.165) is 23.1 Å². The predicted octanol–water partition coefficient (Wildman–Crippen LogP) is 3.62. The van der Waals surface area contributed by atoms with E-state index < -0.39 is 0 Å². The molecule has 0 atom stereocenters. The number of carbonyl (C=O) groups excluding carboxylic acids is 1. The summed E-state index contributed by atoms with van der Waals surface area (Å²) in [6, 6.07) is 8.92. The Morgan fingerprint density at radius 3 is 2.71 bits per heavy atom. The molecule has 0 aliphatic carbocycles. The van der Waals surface area contributed by atoms with E-state index in [9.17, 15) is 4.79 Å². The Labute approximate surface area is 132 Å². The first-order valence-corrected chi connectivity index (χ1v) is 7.55. The number of nitrogens with one attached hydrogen (secondary N) is 2. The molecular weight excluding hydrogens is 332 g/mol. The van der Waals surface area contributed by atoms with E-state index in [2.05, 4.69) is 43.5 Å². The number of carbonyl (C=O) groups is 1. The van der Waals surface area contributed by atoms with Gasteiger partial charge < -0.3 is 10.6 Å². The summed E-state index contributed by atoms with van der Waals surface area (Å²) in [7, 11) is 0. The summed E-state index contributed by atoms with van der Waals surface area (Å²) in [6.45, 7) is 4.77. The molecule has 1 amide bonds. The van der Waals surface area contributed by atoms with Crippen LogP contribution in [0.5, 0.6) is 0 Å². The van der Waals surface area contributed by atoms with Crippen LogP contribution in [0.2, 0.25) is 0 Å². The monoisotopic (exact) mass is 348 g/mol. The van der Waals surface area contributed by atoms with E-state index in [1.807, 2.05) is 19.1 Å². The molecule has 0 aromatic carbocycles. The van der Waals surface area contributed by atoms with E-state index in [0.29, 0.717) is 17.3 Å². The molecule has 2 rings (SSSR count). The number of rotatable bonds is 5. The molecule has 0 radical (unpaired) electrons. The van der Waals surface area contributed by atoms with Crippen molar-refractivity contribution >= 4 is 33.5 Å². The summed E-state index contributed by atoms with van der Waals surface area (Å²) >= 11 is 3.38. The second-order valence-corrected chi connectivity index (χ2v) is 5.41. The van der Waals surface area contributed by atoms with Gasteiger partial charge in [-0.15, -0.1) is 0 Å². The number of amides is 1. The van der Waals surface area contributed by atoms with Gasteiger partial charge in [-0.25, -0.2) is 9.97 Å². The van der Waals surface area contributed by atoms with E-state index >= 15 is 0 Å². The third kappa shape index (κ3) is 4.26. The molecule has 0 saturated carbocycles. The zero-order valence-electron chi connectivity index (χ0n) is 12.0. The number of aromatic nitrogens is 2. The maximum Gasteiger partial charge on any atom is 0.275 e. The SMILES string of the molecule is CCCNc1cccc(C(=O)Nc2ccc(Br)c(C)n2)n1. The maximum atomic E-state index is 12.2. The molecule has 2 N–H and O–H groups in total. The molecule has 110 valence electrons. The smallest absolute Gasteiger partial charge is 0.275 e. The minimum Gasteiger partial charge on any atom is -0.370 e. The number of hydrogen-bond donors (Lipinski definition) is 2. The van der Waals surface area contributed by atoms with Crippen LogP contribution in [0.25, 0.3) is 0 Å². The van der Waals surface area contributed by atoms with Gasteiger partial charge in [0.1, 0.15) is 17.3 Å². The van der Waals surface area contributed by atoms with Gasteiger partial charge >= 0.3 is 0 Å². The lowest BCUT2D eigenvalue weighted by Crippen LogP contribution is -2.15. The molecular formula is C15H17BrN4O. The molecule has 2 aromatic heterocycles. The molecule has 0 unspecified atom stereocenters. The van der Waals surface area contributed by atoms with Gasteiger partial charge in [-0.3, -0.25) is 4.79 Å². The van der Waals surface area contributed by atoms with Gasteiger partial charge in [-0.05, 0) is 53.5 Å². The zero-order valence-corrected chi connectivity index (χ0v) is 13.6. The van der Waals surface area contributed by atoms with Gasteiger partial charge in [0.25, 0.3) is 5.91 Å². The van der Waals surface area contributed by atoms with Crippen LogP contribution in [0.1, 0.15) is 29.5 Å². The molecule has 0 saturated heterocycles. The van der Waals surface area contributed by atoms with E-state index in [-0.39, 0.29) is 5.91 Å². The van der Waals surface area contributed by atoms with E-state index in [4.69, 9.17) is 0 Å². The number of hydrogen-bond acceptors (Lipinski definition) is 4. The van der Waals surface area contributed by atoms with Crippen molar-refractivity contribution < 1.29 is 4.79 Å². The Morgan fingerprint density at radius 1 is 1.19 bits per heavy atom. The Morgan fingerprint density at radius 2 is 2.00 bits per heavy atom. The van der Waals surface area contributed by atoms with Crippen LogP contribution in [0.15, 0.2) is 34.8 Å². The molecule has 21 heavy (non-hydrogen) atoms. The van der Waals surface area contributed by atoms with Crippen LogP contribution in [-0.4, -0.2) is 22.4 Å². The quantitative estimate of drug-likeness (QED) is 0.865. The molecule has 0 bridgehead atoms. The molecule has 0 fully saturated rings. The topological polar surface area (TPSA) is 66.9 Å². The average molecular weight is 349 g/mol. The summed E-state index contributed by atoms with van der Waals surface area (Å²) in [4.78, 5) is 20.8. The van der Waals surface area contributed by atoms with E-state index in [1.165, 1.54) is 0 Å². The Hall–Kier alpha value is -1.95. The fourth-order valence-corrected chi connectivity index (χ4v) is 1.93. The number of aryl methyl sites for hydroxylation is 1. The predicted molar refractivity (Wildman–Crippen MR) is 87.6 cm³/mol. The highest BCUT2D eigenvalue weighted by molar-refractivity contribution is 9.10. The summed E-state index contributed by atoms with van der Waals surface area (Å²) in [5.41, 5.74) is 1.18. The minimum atomic E-state index is -0.274. The summed E-state index contributed by atoms with van der Waals surface area (Å²) in [5.74, 6) is 0.934. The molecule has 2 heterocycles. The van der Waals surface area contributed by atoms with Gasteiger partial charge in [0.2, 0.25) is 0 Å². The summed E-state index contributed by atoms with van der Waals surface area (Å²) < 4.78 is 0.907. The summed E-state index contributed by atoms with van der Waals surface area (Å²) in [5, 5.41) is 5.91. The van der Waals surface area contributed by atoms with Crippen molar-refractivity contribution in [1.82, 2.24) is 9.97 Å². The summed E-state index contributed by atoms with van der Waals surface area (Å²) in [6.07, 6.45) is 1.00. The molecule has 6 heteroatoms. The van der Waals surface area contributed by atoms with Gasteiger partial charge in [0.05, 0.1) is 5.69 Å². The Bertz CT molecular complexity index is 645. The van der Waals surface area contributed by atoms with Gasteiger partial charge in [0.15, 0.2) is 0 Å². The highest BCUT2D eigenvalue weighted by Crippen LogP contribution is 2.16. The fourth-order valence-electron chi connectivity index (χ4n) is 1.71. The molecule has 0 spiro atoms. The maximum absolute atomic E-state index is 12.2. The highest BCUT2D eigenvalue weighted by atomic mass is 79.9. The van der Waals surface area contributed by atoms with Crippen LogP contribution in [-0.2, 0) is 0 Å². The van der Waals surface area contributed by atoms with Crippen molar-refractivity contribution in [3.63, 3.8) is 0 Å². The van der Waals surface area contributed by atoms with Crippen molar-refractivity contribution in [1.29, 1.82) is 0 Å². The van der Waals surface area contributed by atoms with Gasteiger partial charge in [0, 0.05) is 11.0 Å². The molecule has 0 aliphatic rings. The Balaban J connectivity index is 2.10. The minimum absolute atomic E-state index is 0.274. The number of halogens is 1. The van der Waals surface area contributed by atoms with Crippen molar-refractivity contribution in [3.8, 4) is 0 Å². The number of anilines is 2. The first kappa shape index (κ1) is 15.4. The lowest BCUT2D eigenvalue weighted by molar-refractivity contribution is 0.102. The number of pyridine rings is 2. The van der Waals surface area contributed by atoms with Crippen LogP contribution in [0.4, 0.5) is 11.6 Å². The second-order valence-electron chi connectivity index (χ2n) is 4.55. The normalized spacial score (nSPS) is 10.2. The lowest BCUT2D eigenvalue weighted by atomic mass is 10.3. The standard InChI is InChI=1S/C15H17BrN4O/c1-3-9-17-13-6-4-5-12(19-13)15(21)20-14-8-7-11(16)10(2)18-14/h4-8H,3,9H2,1-2H3,(H,17,19)(H,18,20,21). The van der Waals surface area contributed by atoms with Gasteiger partial charge in [-0.2, -0.15) is 0 Å². The van der Waals surface area contributed by atoms with E-state index in [1.54, 1.807) is 18.2 Å². The van der Waals surface area contributed by atoms with Crippen LogP contribution >= 0.6 is 15.9 Å². The first-order chi connectivity index (χ1) is 10.1. The third-order valence-corrected chi connectivity index (χ3v) is 3.64. The second kappa shape index (κ2) is 7.17. The largest absolute Gasteiger partial charge is 0.370 e. The van der Waals surface area contributed by atoms with Crippen LogP contribution in [0, 0.1) is 6.92 Å². The van der Waals surface area contributed by atoms with Crippen LogP contribution < -0.4 is 10.6 Å². The first-order valence-electron chi connectivity index (χ1n) is 6.75. The molecule has 2 aromatic rings. The van der Waals surface area contributed by atoms with Crippen molar-refractivity contribution in [2.45, 2.75) is 20.3 Å². The number of nitrogens with zero attached hydrogens (tertiary/aromatic N) is 2. The van der Waals surface area contributed by atoms with Crippen molar-refractivity contribution in [2.75, 3.05) is 17.2 Å². The molecule has 0 aliphatic heterocycles. The highest BCUT2D eigenvalue weighted by Gasteiger charge is 2.09. The van der Waals surface area contributed by atoms with Crippen LogP contribution in [0.3, 0.4) is 0 Å². The van der Waals surface area contributed by atoms with Gasteiger partial charge in [-0.1, -0.05) is 13.0 Å². The van der Waals surface area contributed by atoms with Crippen molar-refractivity contribution in [2.24, 2.45) is 0 Å². The average Bonchev–Trinajstić information content (AvgIpc) is 2.49. The zero-order chi connectivity index (χ0) is 15.2. The fraction of sp³-hybridized carbons (Fsp3) is 0.267. The van der Waals surface area contributed by atoms with Crippen molar-refractivity contribution in [3.05, 3.63) is 46.2 Å². The Kier molecular flexibility index (Phi) is 5.27.